The molecule has 6 nitrogen and oxygen atoms in total. The molecule has 7 heteroatoms. The molecule has 3 aromatic rings. The number of nitrogens with two attached hydrogens (primary N) is 1. The molecule has 2 N–H and O–H groups in total. The second kappa shape index (κ2) is 11.9. The molecule has 3 rings (SSSR count). The van der Waals surface area contributed by atoms with E-state index in [0.29, 0.717) is 21.9 Å². The number of carbonyl (C=O) groups excluding carboxylic acids is 1. The quantitative estimate of drug-likeness (QED) is 0.396. The first-order chi connectivity index (χ1) is 16.1. The third-order valence-corrected chi connectivity index (χ3v) is 5.93. The third kappa shape index (κ3) is 6.84. The molecule has 0 radical (unpaired) electrons. The second-order valence-electron chi connectivity index (χ2n) is 8.82. The Morgan fingerprint density at radius 2 is 1.56 bits per heavy atom. The van der Waals surface area contributed by atoms with Gasteiger partial charge in [0.15, 0.2) is 0 Å². The number of anilines is 1. The smallest absolute Gasteiger partial charge is 0.209 e. The molecule has 0 saturated carbocycles. The predicted molar refractivity (Wildman–Crippen MR) is 138 cm³/mol. The highest BCUT2D eigenvalue weighted by atomic mass is 32.2. The number of nitrogens with zero attached hydrogens (tertiary/aromatic N) is 4. The molecular formula is C27H29N5OS. The van der Waals surface area contributed by atoms with Crippen LogP contribution in [0, 0.1) is 22.7 Å². The van der Waals surface area contributed by atoms with Gasteiger partial charge in [0.25, 0.3) is 0 Å². The van der Waals surface area contributed by atoms with Gasteiger partial charge in [0.05, 0.1) is 5.56 Å². The van der Waals surface area contributed by atoms with Gasteiger partial charge < -0.3 is 10.6 Å². The lowest BCUT2D eigenvalue weighted by Crippen LogP contribution is -2.10. The topological polar surface area (TPSA) is 107 Å². The van der Waals surface area contributed by atoms with Crippen LogP contribution in [0.5, 0.6) is 0 Å². The van der Waals surface area contributed by atoms with Gasteiger partial charge in [0.2, 0.25) is 6.41 Å². The van der Waals surface area contributed by atoms with Crippen LogP contribution in [0.1, 0.15) is 43.0 Å². The van der Waals surface area contributed by atoms with Crippen LogP contribution in [-0.2, 0) is 16.0 Å². The Hall–Kier alpha value is -3.81. The number of nitriles is 2. The Morgan fingerprint density at radius 1 is 1.00 bits per heavy atom. The summed E-state index contributed by atoms with van der Waals surface area (Å²) in [5.74, 6) is 0.807. The Kier molecular flexibility index (Phi) is 9.24. The first kappa shape index (κ1) is 26.4. The highest BCUT2D eigenvalue weighted by Crippen LogP contribution is 2.36. The molecule has 1 heterocycles. The van der Waals surface area contributed by atoms with Gasteiger partial charge in [-0.1, -0.05) is 75.4 Å². The summed E-state index contributed by atoms with van der Waals surface area (Å²) in [6, 6.07) is 22.2. The van der Waals surface area contributed by atoms with E-state index in [4.69, 9.17) is 5.73 Å². The number of hydrogen-bond donors (Lipinski definition) is 1. The standard InChI is InChI=1S/C24H22N4S.C3H7NO/c1-24(2,3)18-11-9-16(10-12-18)15-29-23-20(14-26)21(17-7-5-4-6-8-17)19(13-25)22(27)28-23;1-4(2)3-5/h4-12H,15H2,1-3H3,(H2,27,28);3H,1-2H3. The molecule has 1 aromatic heterocycles. The minimum Gasteiger partial charge on any atom is -0.383 e. The average molecular weight is 472 g/mol. The van der Waals surface area contributed by atoms with Gasteiger partial charge in [-0.05, 0) is 22.1 Å². The minimum absolute atomic E-state index is 0.105. The molecule has 1 amide bonds. The first-order valence-corrected chi connectivity index (χ1v) is 11.6. The monoisotopic (exact) mass is 471 g/mol. The van der Waals surface area contributed by atoms with Crippen molar-refractivity contribution in [1.82, 2.24) is 9.88 Å². The summed E-state index contributed by atoms with van der Waals surface area (Å²) in [6.45, 7) is 6.56. The normalized spacial score (nSPS) is 10.3. The van der Waals surface area contributed by atoms with Crippen molar-refractivity contribution in [3.05, 3.63) is 76.9 Å². The van der Waals surface area contributed by atoms with Crippen molar-refractivity contribution < 1.29 is 4.79 Å². The number of aromatic nitrogens is 1. The second-order valence-corrected chi connectivity index (χ2v) is 9.79. The number of rotatable bonds is 5. The third-order valence-electron chi connectivity index (χ3n) is 4.88. The predicted octanol–water partition coefficient (Wildman–Crippen LogP) is 5.37. The number of pyridine rings is 1. The number of nitrogen functional groups attached to an aromatic ring is 1. The lowest BCUT2D eigenvalue weighted by molar-refractivity contribution is -0.115. The van der Waals surface area contributed by atoms with Crippen molar-refractivity contribution in [3.8, 4) is 23.3 Å². The molecule has 0 saturated heterocycles. The van der Waals surface area contributed by atoms with Gasteiger partial charge in [-0.2, -0.15) is 10.5 Å². The first-order valence-electron chi connectivity index (χ1n) is 10.6. The number of hydrogen-bond acceptors (Lipinski definition) is 6. The zero-order valence-electron chi connectivity index (χ0n) is 20.2. The Morgan fingerprint density at radius 3 is 2.03 bits per heavy atom. The average Bonchev–Trinajstić information content (AvgIpc) is 2.82. The van der Waals surface area contributed by atoms with Crippen molar-refractivity contribution >= 4 is 24.0 Å². The Bertz CT molecular complexity index is 1200. The number of benzene rings is 2. The molecule has 0 bridgehead atoms. The Balaban J connectivity index is 0.000000739. The van der Waals surface area contributed by atoms with E-state index in [0.717, 1.165) is 17.5 Å². The molecule has 0 aliphatic carbocycles. The van der Waals surface area contributed by atoms with Gasteiger partial charge >= 0.3 is 0 Å². The van der Waals surface area contributed by atoms with Crippen LogP contribution in [0.25, 0.3) is 11.1 Å². The molecule has 0 spiro atoms. The van der Waals surface area contributed by atoms with E-state index in [1.165, 1.54) is 22.2 Å². The van der Waals surface area contributed by atoms with E-state index in [2.05, 4.69) is 62.2 Å². The van der Waals surface area contributed by atoms with E-state index < -0.39 is 0 Å². The van der Waals surface area contributed by atoms with E-state index in [1.54, 1.807) is 14.1 Å². The van der Waals surface area contributed by atoms with Crippen molar-refractivity contribution in [3.63, 3.8) is 0 Å². The molecule has 174 valence electrons. The van der Waals surface area contributed by atoms with Crippen molar-refractivity contribution in [2.75, 3.05) is 19.8 Å². The minimum atomic E-state index is 0.105. The van der Waals surface area contributed by atoms with Crippen molar-refractivity contribution in [2.45, 2.75) is 37.0 Å². The number of amides is 1. The van der Waals surface area contributed by atoms with E-state index in [1.807, 2.05) is 30.3 Å². The molecule has 2 aromatic carbocycles. The summed E-state index contributed by atoms with van der Waals surface area (Å²) < 4.78 is 0. The van der Waals surface area contributed by atoms with Crippen LogP contribution < -0.4 is 5.73 Å². The lowest BCUT2D eigenvalue weighted by Gasteiger charge is -2.19. The van der Waals surface area contributed by atoms with E-state index in [-0.39, 0.29) is 16.8 Å². The van der Waals surface area contributed by atoms with Gasteiger partial charge in [-0.15, -0.1) is 11.8 Å². The summed E-state index contributed by atoms with van der Waals surface area (Å²) >= 11 is 1.46. The van der Waals surface area contributed by atoms with Crippen LogP contribution in [0.4, 0.5) is 5.82 Å². The van der Waals surface area contributed by atoms with Crippen LogP contribution in [0.2, 0.25) is 0 Å². The molecule has 34 heavy (non-hydrogen) atoms. The van der Waals surface area contributed by atoms with Crippen LogP contribution in [-0.4, -0.2) is 30.4 Å². The van der Waals surface area contributed by atoms with Crippen molar-refractivity contribution in [1.29, 1.82) is 10.5 Å². The summed E-state index contributed by atoms with van der Waals surface area (Å²) in [5, 5.41) is 20.0. The molecule has 0 aliphatic rings. The largest absolute Gasteiger partial charge is 0.383 e. The molecule has 0 atom stereocenters. The highest BCUT2D eigenvalue weighted by molar-refractivity contribution is 7.98. The summed E-state index contributed by atoms with van der Waals surface area (Å²) in [6.07, 6.45) is 0.750. The number of carbonyl (C=O) groups is 1. The molecule has 0 fully saturated rings. The molecule has 0 aliphatic heterocycles. The molecule has 0 unspecified atom stereocenters. The van der Waals surface area contributed by atoms with Gasteiger partial charge in [0.1, 0.15) is 28.5 Å². The maximum atomic E-state index is 9.84. The van der Waals surface area contributed by atoms with Gasteiger partial charge in [-0.25, -0.2) is 4.98 Å². The fraction of sp³-hybridized carbons (Fsp3) is 0.259. The van der Waals surface area contributed by atoms with Crippen LogP contribution in [0.15, 0.2) is 59.6 Å². The van der Waals surface area contributed by atoms with Gasteiger partial charge in [-0.3, -0.25) is 4.79 Å². The fourth-order valence-electron chi connectivity index (χ4n) is 3.05. The summed E-state index contributed by atoms with van der Waals surface area (Å²) in [4.78, 5) is 15.2. The highest BCUT2D eigenvalue weighted by Gasteiger charge is 2.20. The lowest BCUT2D eigenvalue weighted by atomic mass is 9.87. The number of thioether (sulfide) groups is 1. The summed E-state index contributed by atoms with van der Waals surface area (Å²) in [5.41, 5.74) is 10.6. The van der Waals surface area contributed by atoms with E-state index in [9.17, 15) is 15.3 Å². The molecular weight excluding hydrogens is 442 g/mol. The van der Waals surface area contributed by atoms with Crippen LogP contribution >= 0.6 is 11.8 Å². The summed E-state index contributed by atoms with van der Waals surface area (Å²) in [7, 11) is 3.38. The maximum Gasteiger partial charge on any atom is 0.209 e. The zero-order valence-corrected chi connectivity index (χ0v) is 21.0. The SMILES string of the molecule is CC(C)(C)c1ccc(CSc2nc(N)c(C#N)c(-c3ccccc3)c2C#N)cc1.CN(C)C=O. The van der Waals surface area contributed by atoms with Gasteiger partial charge in [0, 0.05) is 25.4 Å². The van der Waals surface area contributed by atoms with Crippen molar-refractivity contribution in [2.24, 2.45) is 0 Å². The maximum absolute atomic E-state index is 9.84. The van der Waals surface area contributed by atoms with Crippen LogP contribution in [0.3, 0.4) is 0 Å². The Labute approximate surface area is 206 Å². The van der Waals surface area contributed by atoms with E-state index >= 15 is 0 Å². The fourth-order valence-corrected chi connectivity index (χ4v) is 4.00. The zero-order chi connectivity index (χ0) is 25.3.